The van der Waals surface area contributed by atoms with Crippen molar-refractivity contribution in [3.8, 4) is 11.5 Å². The third kappa shape index (κ3) is 4.36. The summed E-state index contributed by atoms with van der Waals surface area (Å²) in [6.45, 7) is 1.95. The Bertz CT molecular complexity index is 1530. The predicted molar refractivity (Wildman–Crippen MR) is 142 cm³/mol. The summed E-state index contributed by atoms with van der Waals surface area (Å²) in [5, 5.41) is 2.78. The minimum Gasteiger partial charge on any atom is -0.457 e. The number of nitrogens with zero attached hydrogens (tertiary/aromatic N) is 1. The predicted octanol–water partition coefficient (Wildman–Crippen LogP) is 6.05. The molecule has 36 heavy (non-hydrogen) atoms. The highest BCUT2D eigenvalue weighted by Gasteiger charge is 2.40. The van der Waals surface area contributed by atoms with Crippen molar-refractivity contribution < 1.29 is 17.9 Å². The number of rotatable bonds is 6. The minimum absolute atomic E-state index is 0.198. The summed E-state index contributed by atoms with van der Waals surface area (Å²) in [6, 6.07) is 32.5. The van der Waals surface area contributed by atoms with E-state index in [9.17, 15) is 13.2 Å². The molecule has 7 heteroatoms. The molecule has 6 nitrogen and oxygen atoms in total. The molecule has 0 atom stereocenters. The average Bonchev–Trinajstić information content (AvgIpc) is 2.90. The Balaban J connectivity index is 1.55. The van der Waals surface area contributed by atoms with Crippen LogP contribution in [0.1, 0.15) is 18.1 Å². The molecule has 0 saturated heterocycles. The second-order valence-electron chi connectivity index (χ2n) is 8.15. The van der Waals surface area contributed by atoms with Crippen molar-refractivity contribution in [1.82, 2.24) is 0 Å². The maximum atomic E-state index is 13.8. The first-order chi connectivity index (χ1) is 17.5. The topological polar surface area (TPSA) is 75.7 Å². The zero-order valence-corrected chi connectivity index (χ0v) is 20.4. The minimum atomic E-state index is -4.12. The summed E-state index contributed by atoms with van der Waals surface area (Å²) >= 11 is 0. The van der Waals surface area contributed by atoms with Gasteiger partial charge in [-0.2, -0.15) is 0 Å². The monoisotopic (exact) mass is 496 g/mol. The van der Waals surface area contributed by atoms with Gasteiger partial charge in [0.05, 0.1) is 5.69 Å². The highest BCUT2D eigenvalue weighted by atomic mass is 32.2. The number of ether oxygens (including phenoxy) is 1. The number of sulfonamides is 1. The lowest BCUT2D eigenvalue weighted by atomic mass is 9.95. The van der Waals surface area contributed by atoms with Crippen LogP contribution in [0.3, 0.4) is 0 Å². The Labute approximate surface area is 210 Å². The van der Waals surface area contributed by atoms with Crippen LogP contribution in [0.2, 0.25) is 0 Å². The van der Waals surface area contributed by atoms with Gasteiger partial charge in [0, 0.05) is 23.4 Å². The van der Waals surface area contributed by atoms with E-state index >= 15 is 0 Å². The lowest BCUT2D eigenvalue weighted by Crippen LogP contribution is -2.39. The molecular formula is C29H24N2O4S. The molecule has 180 valence electrons. The molecule has 1 aliphatic rings. The van der Waals surface area contributed by atoms with E-state index in [0.717, 1.165) is 0 Å². The summed E-state index contributed by atoms with van der Waals surface area (Å²) in [5.41, 5.74) is 2.74. The Hall–Kier alpha value is -4.36. The van der Waals surface area contributed by atoms with Gasteiger partial charge in [0.15, 0.2) is 4.91 Å². The number of fused-ring (bicyclic) bond motifs is 1. The maximum absolute atomic E-state index is 13.8. The average molecular weight is 497 g/mol. The van der Waals surface area contributed by atoms with Crippen molar-refractivity contribution in [2.24, 2.45) is 0 Å². The molecule has 0 radical (unpaired) electrons. The molecule has 1 aliphatic heterocycles. The normalized spacial score (nSPS) is 14.2. The summed E-state index contributed by atoms with van der Waals surface area (Å²) in [7, 11) is -4.12. The van der Waals surface area contributed by atoms with Crippen LogP contribution in [-0.4, -0.2) is 20.9 Å². The molecule has 0 aliphatic carbocycles. The fourth-order valence-corrected chi connectivity index (χ4v) is 6.02. The van der Waals surface area contributed by atoms with Gasteiger partial charge in [-0.3, -0.25) is 9.10 Å². The molecule has 1 heterocycles. The van der Waals surface area contributed by atoms with E-state index in [-0.39, 0.29) is 11.4 Å². The van der Waals surface area contributed by atoms with Crippen molar-refractivity contribution in [3.05, 3.63) is 125 Å². The Morgan fingerprint density at radius 3 is 2.03 bits per heavy atom. The fraction of sp³-hybridized carbons (Fsp3) is 0.0690. The van der Waals surface area contributed by atoms with Crippen LogP contribution in [0.5, 0.6) is 11.5 Å². The molecule has 4 aromatic rings. The molecule has 0 saturated carbocycles. The molecule has 0 aromatic heterocycles. The van der Waals surface area contributed by atoms with Gasteiger partial charge in [-0.15, -0.1) is 0 Å². The van der Waals surface area contributed by atoms with Crippen LogP contribution in [0.4, 0.5) is 11.4 Å². The lowest BCUT2D eigenvalue weighted by molar-refractivity contribution is -0.112. The number of benzene rings is 4. The molecule has 4 aromatic carbocycles. The van der Waals surface area contributed by atoms with Crippen LogP contribution in [0.15, 0.2) is 114 Å². The van der Waals surface area contributed by atoms with Crippen molar-refractivity contribution in [3.63, 3.8) is 0 Å². The third-order valence-electron chi connectivity index (χ3n) is 5.86. The van der Waals surface area contributed by atoms with Gasteiger partial charge < -0.3 is 10.1 Å². The number of nitrogens with one attached hydrogen (secondary N) is 1. The molecule has 5 rings (SSSR count). The van der Waals surface area contributed by atoms with E-state index in [1.165, 1.54) is 4.31 Å². The fourth-order valence-electron chi connectivity index (χ4n) is 4.27. The highest BCUT2D eigenvalue weighted by Crippen LogP contribution is 2.42. The molecule has 0 bridgehead atoms. The largest absolute Gasteiger partial charge is 0.457 e. The SMILES string of the molecule is CCN1c2ccccc2C(c2ccccc2)=C(C(=O)Nc2ccc(Oc3ccccc3)cc2)S1(=O)=O. The van der Waals surface area contributed by atoms with Gasteiger partial charge in [-0.25, -0.2) is 8.42 Å². The van der Waals surface area contributed by atoms with Crippen molar-refractivity contribution in [1.29, 1.82) is 0 Å². The zero-order chi connectivity index (χ0) is 25.1. The quantitative estimate of drug-likeness (QED) is 0.353. The van der Waals surface area contributed by atoms with Crippen LogP contribution in [0.25, 0.3) is 5.57 Å². The van der Waals surface area contributed by atoms with Crippen molar-refractivity contribution in [2.45, 2.75) is 6.92 Å². The van der Waals surface area contributed by atoms with E-state index < -0.39 is 15.9 Å². The Kier molecular flexibility index (Phi) is 6.31. The first-order valence-electron chi connectivity index (χ1n) is 11.5. The standard InChI is InChI=1S/C29H24N2O4S/c1-2-31-26-16-10-9-15-25(26)27(21-11-5-3-6-12-21)28(36(31,33)34)29(32)30-22-17-19-24(20-18-22)35-23-13-7-4-8-14-23/h3-20H,2H2,1H3,(H,30,32). The summed E-state index contributed by atoms with van der Waals surface area (Å²) < 4.78 is 34.6. The van der Waals surface area contributed by atoms with Crippen molar-refractivity contribution >= 4 is 32.9 Å². The number of hydrogen-bond acceptors (Lipinski definition) is 4. The summed E-state index contributed by atoms with van der Waals surface area (Å²) in [6.07, 6.45) is 0. The highest BCUT2D eigenvalue weighted by molar-refractivity contribution is 7.97. The van der Waals surface area contributed by atoms with E-state index in [0.29, 0.717) is 39.6 Å². The van der Waals surface area contributed by atoms with Gasteiger partial charge in [0.2, 0.25) is 0 Å². The van der Waals surface area contributed by atoms with Crippen LogP contribution in [0, 0.1) is 0 Å². The van der Waals surface area contributed by atoms with E-state index in [2.05, 4.69) is 5.32 Å². The zero-order valence-electron chi connectivity index (χ0n) is 19.6. The smallest absolute Gasteiger partial charge is 0.270 e. The first kappa shape index (κ1) is 23.4. The van der Waals surface area contributed by atoms with Gasteiger partial charge in [-0.1, -0.05) is 66.7 Å². The van der Waals surface area contributed by atoms with Gasteiger partial charge in [0.25, 0.3) is 15.9 Å². The van der Waals surface area contributed by atoms with Gasteiger partial charge >= 0.3 is 0 Å². The molecule has 0 unspecified atom stereocenters. The Morgan fingerprint density at radius 2 is 1.36 bits per heavy atom. The second-order valence-corrected chi connectivity index (χ2v) is 9.95. The summed E-state index contributed by atoms with van der Waals surface area (Å²) in [4.78, 5) is 13.3. The molecule has 1 N–H and O–H groups in total. The molecule has 0 fully saturated rings. The van der Waals surface area contributed by atoms with E-state index in [1.54, 1.807) is 43.3 Å². The number of para-hydroxylation sites is 2. The number of amides is 1. The first-order valence-corrected chi connectivity index (χ1v) is 13.0. The van der Waals surface area contributed by atoms with E-state index in [4.69, 9.17) is 4.74 Å². The van der Waals surface area contributed by atoms with Crippen LogP contribution < -0.4 is 14.4 Å². The van der Waals surface area contributed by atoms with Gasteiger partial charge in [0.1, 0.15) is 11.5 Å². The molecule has 0 spiro atoms. The lowest BCUT2D eigenvalue weighted by Gasteiger charge is -2.32. The number of carbonyl (C=O) groups excluding carboxylic acids is 1. The van der Waals surface area contributed by atoms with Gasteiger partial charge in [-0.05, 0) is 55.0 Å². The number of hydrogen-bond donors (Lipinski definition) is 1. The molecular weight excluding hydrogens is 472 g/mol. The van der Waals surface area contributed by atoms with Crippen LogP contribution in [-0.2, 0) is 14.8 Å². The molecule has 1 amide bonds. The Morgan fingerprint density at radius 1 is 0.778 bits per heavy atom. The van der Waals surface area contributed by atoms with Crippen molar-refractivity contribution in [2.75, 3.05) is 16.2 Å². The summed E-state index contributed by atoms with van der Waals surface area (Å²) in [5.74, 6) is 0.594. The second kappa shape index (κ2) is 9.71. The maximum Gasteiger partial charge on any atom is 0.270 e. The van der Waals surface area contributed by atoms with E-state index in [1.807, 2.05) is 72.8 Å². The van der Waals surface area contributed by atoms with Crippen LogP contribution >= 0.6 is 0 Å². The number of carbonyl (C=O) groups is 1. The third-order valence-corrected chi connectivity index (χ3v) is 7.80. The number of anilines is 2.